The predicted octanol–water partition coefficient (Wildman–Crippen LogP) is 4.24. The Labute approximate surface area is 171 Å². The summed E-state index contributed by atoms with van der Waals surface area (Å²) in [6, 6.07) is 11.3. The highest BCUT2D eigenvalue weighted by atomic mass is 79.9. The number of nitrogens with one attached hydrogen (secondary N) is 2. The molecular weight excluding hydrogens is 429 g/mol. The molecule has 0 aliphatic heterocycles. The summed E-state index contributed by atoms with van der Waals surface area (Å²) >= 11 is 3.42. The largest absolute Gasteiger partial charge is 0.490 e. The van der Waals surface area contributed by atoms with E-state index in [1.807, 2.05) is 19.9 Å². The van der Waals surface area contributed by atoms with E-state index in [2.05, 4.69) is 31.8 Å². The van der Waals surface area contributed by atoms with Gasteiger partial charge < -0.3 is 10.1 Å². The number of hydrazone groups is 1. The SMILES string of the molecule is CC(C)Oc1ccc(C=NNC(=O)CCC(=O)Nc2ccccc2F)cc1Br. The lowest BCUT2D eigenvalue weighted by atomic mass is 10.2. The summed E-state index contributed by atoms with van der Waals surface area (Å²) < 4.78 is 19.9. The fraction of sp³-hybridized carbons (Fsp3) is 0.250. The topological polar surface area (TPSA) is 79.8 Å². The molecule has 0 saturated heterocycles. The number of anilines is 1. The summed E-state index contributed by atoms with van der Waals surface area (Å²) in [6.07, 6.45) is 1.40. The third-order valence-corrected chi connectivity index (χ3v) is 4.07. The second-order valence-electron chi connectivity index (χ2n) is 6.18. The molecule has 0 aliphatic rings. The second-order valence-corrected chi connectivity index (χ2v) is 7.03. The molecule has 0 radical (unpaired) electrons. The van der Waals surface area contributed by atoms with Crippen molar-refractivity contribution >= 4 is 39.6 Å². The first-order chi connectivity index (χ1) is 13.3. The van der Waals surface area contributed by atoms with Gasteiger partial charge in [-0.2, -0.15) is 5.10 Å². The van der Waals surface area contributed by atoms with Crippen LogP contribution in [-0.4, -0.2) is 24.1 Å². The van der Waals surface area contributed by atoms with Gasteiger partial charge in [-0.05, 0) is 65.7 Å². The Bertz CT molecular complexity index is 872. The van der Waals surface area contributed by atoms with Crippen LogP contribution in [0.4, 0.5) is 10.1 Å². The van der Waals surface area contributed by atoms with Crippen LogP contribution in [0, 0.1) is 5.82 Å². The number of carbonyl (C=O) groups excluding carboxylic acids is 2. The molecule has 2 aromatic rings. The van der Waals surface area contributed by atoms with E-state index in [4.69, 9.17) is 4.74 Å². The van der Waals surface area contributed by atoms with Crippen LogP contribution >= 0.6 is 15.9 Å². The lowest BCUT2D eigenvalue weighted by Gasteiger charge is -2.11. The zero-order chi connectivity index (χ0) is 20.5. The molecule has 148 valence electrons. The monoisotopic (exact) mass is 449 g/mol. The molecule has 0 aromatic heterocycles. The molecular formula is C20H21BrFN3O3. The Kier molecular flexibility index (Phi) is 8.13. The first-order valence-electron chi connectivity index (χ1n) is 8.67. The highest BCUT2D eigenvalue weighted by Crippen LogP contribution is 2.26. The summed E-state index contributed by atoms with van der Waals surface area (Å²) in [7, 11) is 0. The smallest absolute Gasteiger partial charge is 0.240 e. The molecule has 0 aliphatic carbocycles. The van der Waals surface area contributed by atoms with Gasteiger partial charge in [0.2, 0.25) is 11.8 Å². The number of hydrogen-bond acceptors (Lipinski definition) is 4. The van der Waals surface area contributed by atoms with Crippen molar-refractivity contribution in [1.82, 2.24) is 5.43 Å². The summed E-state index contributed by atoms with van der Waals surface area (Å²) in [5.74, 6) is -0.675. The maximum atomic E-state index is 13.5. The molecule has 2 amide bonds. The van der Waals surface area contributed by atoms with E-state index < -0.39 is 17.6 Å². The van der Waals surface area contributed by atoms with Gasteiger partial charge >= 0.3 is 0 Å². The van der Waals surface area contributed by atoms with E-state index in [0.717, 1.165) is 15.8 Å². The van der Waals surface area contributed by atoms with Gasteiger partial charge in [-0.1, -0.05) is 12.1 Å². The fourth-order valence-corrected chi connectivity index (χ4v) is 2.67. The van der Waals surface area contributed by atoms with Crippen molar-refractivity contribution in [2.45, 2.75) is 32.8 Å². The fourth-order valence-electron chi connectivity index (χ4n) is 2.18. The Morgan fingerprint density at radius 2 is 1.89 bits per heavy atom. The van der Waals surface area contributed by atoms with E-state index in [1.54, 1.807) is 18.2 Å². The maximum Gasteiger partial charge on any atom is 0.240 e. The minimum atomic E-state index is -0.527. The van der Waals surface area contributed by atoms with Crippen LogP contribution in [0.15, 0.2) is 52.0 Å². The van der Waals surface area contributed by atoms with Crippen LogP contribution < -0.4 is 15.5 Å². The maximum absolute atomic E-state index is 13.5. The van der Waals surface area contributed by atoms with E-state index in [0.29, 0.717) is 0 Å². The van der Waals surface area contributed by atoms with Gasteiger partial charge in [-0.15, -0.1) is 0 Å². The van der Waals surface area contributed by atoms with Crippen molar-refractivity contribution in [3.8, 4) is 5.75 Å². The van der Waals surface area contributed by atoms with Gasteiger partial charge in [0.1, 0.15) is 11.6 Å². The van der Waals surface area contributed by atoms with Gasteiger partial charge in [0.25, 0.3) is 0 Å². The van der Waals surface area contributed by atoms with E-state index >= 15 is 0 Å². The quantitative estimate of drug-likeness (QED) is 0.467. The van der Waals surface area contributed by atoms with Crippen molar-refractivity contribution < 1.29 is 18.7 Å². The number of hydrogen-bond donors (Lipinski definition) is 2. The molecule has 2 rings (SSSR count). The lowest BCUT2D eigenvalue weighted by Crippen LogP contribution is -2.21. The molecule has 6 nitrogen and oxygen atoms in total. The van der Waals surface area contributed by atoms with Crippen molar-refractivity contribution in [2.75, 3.05) is 5.32 Å². The van der Waals surface area contributed by atoms with Gasteiger partial charge in [0, 0.05) is 12.8 Å². The molecule has 0 saturated carbocycles. The number of benzene rings is 2. The van der Waals surface area contributed by atoms with Crippen LogP contribution in [0.3, 0.4) is 0 Å². The summed E-state index contributed by atoms with van der Waals surface area (Å²) in [6.45, 7) is 3.88. The molecule has 0 spiro atoms. The molecule has 0 heterocycles. The zero-order valence-electron chi connectivity index (χ0n) is 15.5. The standard InChI is InChI=1S/C20H21BrFN3O3/c1-13(2)28-18-8-7-14(11-15(18)21)12-23-25-20(27)10-9-19(26)24-17-6-4-3-5-16(17)22/h3-8,11-13H,9-10H2,1-2H3,(H,24,26)(H,25,27). The molecule has 2 N–H and O–H groups in total. The first kappa shape index (κ1) is 21.6. The van der Waals surface area contributed by atoms with E-state index in [9.17, 15) is 14.0 Å². The van der Waals surface area contributed by atoms with Crippen molar-refractivity contribution in [3.63, 3.8) is 0 Å². The van der Waals surface area contributed by atoms with Gasteiger partial charge in [-0.3, -0.25) is 9.59 Å². The molecule has 0 atom stereocenters. The number of rotatable bonds is 8. The van der Waals surface area contributed by atoms with Gasteiger partial charge in [-0.25, -0.2) is 9.82 Å². The van der Waals surface area contributed by atoms with Crippen LogP contribution in [0.2, 0.25) is 0 Å². The highest BCUT2D eigenvalue weighted by Gasteiger charge is 2.09. The van der Waals surface area contributed by atoms with E-state index in [-0.39, 0.29) is 24.6 Å². The predicted molar refractivity (Wildman–Crippen MR) is 110 cm³/mol. The minimum absolute atomic E-state index is 0.0608. The van der Waals surface area contributed by atoms with Crippen LogP contribution in [0.5, 0.6) is 5.75 Å². The highest BCUT2D eigenvalue weighted by molar-refractivity contribution is 9.10. The average Bonchev–Trinajstić information content (AvgIpc) is 2.64. The number of nitrogens with zero attached hydrogens (tertiary/aromatic N) is 1. The summed E-state index contributed by atoms with van der Waals surface area (Å²) in [5, 5.41) is 6.29. The normalized spacial score (nSPS) is 10.9. The van der Waals surface area contributed by atoms with E-state index in [1.165, 1.54) is 24.4 Å². The van der Waals surface area contributed by atoms with Crippen molar-refractivity contribution in [2.24, 2.45) is 5.10 Å². The zero-order valence-corrected chi connectivity index (χ0v) is 17.1. The molecule has 8 heteroatoms. The molecule has 0 bridgehead atoms. The van der Waals surface area contributed by atoms with Crippen LogP contribution in [0.25, 0.3) is 0 Å². The Morgan fingerprint density at radius 1 is 1.18 bits per heavy atom. The Hall–Kier alpha value is -2.74. The third kappa shape index (κ3) is 7.11. The number of para-hydroxylation sites is 1. The van der Waals surface area contributed by atoms with Gasteiger partial charge in [0.15, 0.2) is 0 Å². The molecule has 28 heavy (non-hydrogen) atoms. The number of ether oxygens (including phenoxy) is 1. The number of halogens is 2. The average molecular weight is 450 g/mol. The van der Waals surface area contributed by atoms with Crippen LogP contribution in [-0.2, 0) is 9.59 Å². The molecule has 0 unspecified atom stereocenters. The first-order valence-corrected chi connectivity index (χ1v) is 9.47. The Balaban J connectivity index is 1.78. The third-order valence-electron chi connectivity index (χ3n) is 3.45. The molecule has 2 aromatic carbocycles. The van der Waals surface area contributed by atoms with Gasteiger partial charge in [0.05, 0.1) is 22.5 Å². The van der Waals surface area contributed by atoms with Crippen molar-refractivity contribution in [1.29, 1.82) is 0 Å². The second kappa shape index (κ2) is 10.6. The van der Waals surface area contributed by atoms with Crippen molar-refractivity contribution in [3.05, 3.63) is 58.3 Å². The molecule has 0 fully saturated rings. The minimum Gasteiger partial charge on any atom is -0.490 e. The lowest BCUT2D eigenvalue weighted by molar-refractivity contribution is -0.124. The Morgan fingerprint density at radius 3 is 2.57 bits per heavy atom. The summed E-state index contributed by atoms with van der Waals surface area (Å²) in [5.41, 5.74) is 3.21. The van der Waals surface area contributed by atoms with Crippen LogP contribution in [0.1, 0.15) is 32.3 Å². The summed E-state index contributed by atoms with van der Waals surface area (Å²) in [4.78, 5) is 23.6. The number of amides is 2. The number of carbonyl (C=O) groups is 2.